The fraction of sp³-hybridized carbons (Fsp3) is 0.346. The second kappa shape index (κ2) is 9.21. The molecule has 1 aliphatic rings. The third-order valence-corrected chi connectivity index (χ3v) is 5.84. The van der Waals surface area contributed by atoms with Gasteiger partial charge in [0.1, 0.15) is 0 Å². The van der Waals surface area contributed by atoms with Crippen LogP contribution >= 0.6 is 0 Å². The lowest BCUT2D eigenvalue weighted by Gasteiger charge is -2.33. The minimum absolute atomic E-state index is 0.141. The summed E-state index contributed by atoms with van der Waals surface area (Å²) >= 11 is 0. The van der Waals surface area contributed by atoms with Crippen molar-refractivity contribution < 1.29 is 9.53 Å². The molecule has 0 heterocycles. The molecule has 0 spiro atoms. The van der Waals surface area contributed by atoms with E-state index in [0.29, 0.717) is 12.3 Å². The minimum Gasteiger partial charge on any atom is -0.468 e. The summed E-state index contributed by atoms with van der Waals surface area (Å²) < 4.78 is 5.08. The van der Waals surface area contributed by atoms with Crippen molar-refractivity contribution in [2.45, 2.75) is 40.0 Å². The smallest absolute Gasteiger partial charge is 0.316 e. The topological polar surface area (TPSA) is 51.0 Å². The summed E-state index contributed by atoms with van der Waals surface area (Å²) in [7, 11) is 1.45. The molecule has 0 bridgehead atoms. The molecule has 3 rings (SSSR count). The maximum atomic E-state index is 12.4. The van der Waals surface area contributed by atoms with Gasteiger partial charge in [-0.1, -0.05) is 76.3 Å². The van der Waals surface area contributed by atoms with Gasteiger partial charge in [-0.3, -0.25) is 4.79 Å². The molecule has 1 aliphatic carbocycles. The van der Waals surface area contributed by atoms with Crippen molar-refractivity contribution in [2.75, 3.05) is 7.11 Å². The van der Waals surface area contributed by atoms with Gasteiger partial charge in [0.05, 0.1) is 23.9 Å². The van der Waals surface area contributed by atoms with Crippen LogP contribution in [0.2, 0.25) is 0 Å². The van der Waals surface area contributed by atoms with E-state index in [-0.39, 0.29) is 11.9 Å². The van der Waals surface area contributed by atoms with Crippen LogP contribution in [0.15, 0.2) is 77.0 Å². The van der Waals surface area contributed by atoms with E-state index in [9.17, 15) is 4.79 Å². The Bertz CT molecular complexity index is 1000. The molecule has 156 valence electrons. The van der Waals surface area contributed by atoms with Crippen molar-refractivity contribution in [3.63, 3.8) is 0 Å². The SMILES string of the molecule is COC(=O)C1(C(C)C)C=CC(c2ccccc2N=Nc2cccc(C(C)C)c2)=CC1. The van der Waals surface area contributed by atoms with Crippen molar-refractivity contribution in [1.29, 1.82) is 0 Å². The fourth-order valence-electron chi connectivity index (χ4n) is 3.72. The summed E-state index contributed by atoms with van der Waals surface area (Å²) in [6.45, 7) is 8.43. The van der Waals surface area contributed by atoms with Gasteiger partial charge in [0.25, 0.3) is 0 Å². The highest BCUT2D eigenvalue weighted by Gasteiger charge is 2.40. The molecule has 0 radical (unpaired) electrons. The third kappa shape index (κ3) is 4.43. The molecule has 2 aromatic rings. The largest absolute Gasteiger partial charge is 0.468 e. The number of nitrogens with zero attached hydrogens (tertiary/aromatic N) is 2. The maximum absolute atomic E-state index is 12.4. The number of hydrogen-bond donors (Lipinski definition) is 0. The molecule has 0 fully saturated rings. The molecular weight excluding hydrogens is 372 g/mol. The number of rotatable bonds is 6. The Balaban J connectivity index is 1.89. The Morgan fingerprint density at radius 2 is 1.80 bits per heavy atom. The number of esters is 1. The van der Waals surface area contributed by atoms with E-state index in [4.69, 9.17) is 4.74 Å². The van der Waals surface area contributed by atoms with E-state index in [1.807, 2.05) is 62.4 Å². The molecule has 0 saturated carbocycles. The summed E-state index contributed by atoms with van der Waals surface area (Å²) in [5.74, 6) is 0.394. The summed E-state index contributed by atoms with van der Waals surface area (Å²) in [5, 5.41) is 9.01. The van der Waals surface area contributed by atoms with Crippen molar-refractivity contribution in [1.82, 2.24) is 0 Å². The highest BCUT2D eigenvalue weighted by molar-refractivity contribution is 5.86. The van der Waals surface area contributed by atoms with Crippen LogP contribution in [-0.4, -0.2) is 13.1 Å². The van der Waals surface area contributed by atoms with Crippen LogP contribution in [-0.2, 0) is 9.53 Å². The van der Waals surface area contributed by atoms with Gasteiger partial charge in [0, 0.05) is 5.56 Å². The van der Waals surface area contributed by atoms with Crippen LogP contribution in [0, 0.1) is 11.3 Å². The van der Waals surface area contributed by atoms with Gasteiger partial charge >= 0.3 is 5.97 Å². The highest BCUT2D eigenvalue weighted by Crippen LogP contribution is 2.41. The van der Waals surface area contributed by atoms with Gasteiger partial charge in [0.15, 0.2) is 0 Å². The number of hydrogen-bond acceptors (Lipinski definition) is 4. The molecule has 0 saturated heterocycles. The number of carbonyl (C=O) groups excluding carboxylic acids is 1. The molecule has 1 atom stereocenters. The van der Waals surface area contributed by atoms with Gasteiger partial charge in [-0.25, -0.2) is 0 Å². The van der Waals surface area contributed by atoms with Crippen molar-refractivity contribution in [2.24, 2.45) is 21.6 Å². The van der Waals surface area contributed by atoms with Crippen molar-refractivity contribution >= 4 is 22.9 Å². The van der Waals surface area contributed by atoms with Crippen LogP contribution in [0.4, 0.5) is 11.4 Å². The van der Waals surface area contributed by atoms with E-state index < -0.39 is 5.41 Å². The first-order valence-electron chi connectivity index (χ1n) is 10.5. The Labute approximate surface area is 179 Å². The molecule has 0 amide bonds. The second-order valence-electron chi connectivity index (χ2n) is 8.35. The Morgan fingerprint density at radius 1 is 1.03 bits per heavy atom. The van der Waals surface area contributed by atoms with Gasteiger partial charge in [0.2, 0.25) is 0 Å². The zero-order chi connectivity index (χ0) is 21.7. The second-order valence-corrected chi connectivity index (χ2v) is 8.35. The van der Waals surface area contributed by atoms with Crippen molar-refractivity contribution in [3.05, 3.63) is 77.9 Å². The molecule has 2 aromatic carbocycles. The highest BCUT2D eigenvalue weighted by atomic mass is 16.5. The van der Waals surface area contributed by atoms with Crippen LogP contribution in [0.1, 0.15) is 51.2 Å². The normalized spacial score (nSPS) is 18.8. The van der Waals surface area contributed by atoms with E-state index >= 15 is 0 Å². The van der Waals surface area contributed by atoms with Gasteiger partial charge in [-0.2, -0.15) is 5.11 Å². The first kappa shape index (κ1) is 21.7. The molecular formula is C26H30N2O2. The number of azo groups is 1. The summed E-state index contributed by atoms with van der Waals surface area (Å²) in [6, 6.07) is 16.1. The number of methoxy groups -OCH3 is 1. The summed E-state index contributed by atoms with van der Waals surface area (Å²) in [4.78, 5) is 12.4. The molecule has 0 N–H and O–H groups in total. The molecule has 30 heavy (non-hydrogen) atoms. The Kier molecular flexibility index (Phi) is 6.66. The van der Waals surface area contributed by atoms with Crippen LogP contribution in [0.25, 0.3) is 5.57 Å². The number of ether oxygens (including phenoxy) is 1. The van der Waals surface area contributed by atoms with E-state index in [2.05, 4.69) is 42.3 Å². The average Bonchev–Trinajstić information content (AvgIpc) is 2.77. The van der Waals surface area contributed by atoms with Crippen molar-refractivity contribution in [3.8, 4) is 0 Å². The lowest BCUT2D eigenvalue weighted by Crippen LogP contribution is -2.36. The number of carbonyl (C=O) groups is 1. The maximum Gasteiger partial charge on any atom is 0.316 e. The van der Waals surface area contributed by atoms with Gasteiger partial charge in [-0.15, -0.1) is 5.11 Å². The monoisotopic (exact) mass is 402 g/mol. The quantitative estimate of drug-likeness (QED) is 0.374. The molecule has 4 heteroatoms. The minimum atomic E-state index is -0.619. The zero-order valence-electron chi connectivity index (χ0n) is 18.4. The van der Waals surface area contributed by atoms with Gasteiger partial charge in [-0.05, 0) is 47.6 Å². The predicted octanol–water partition coefficient (Wildman–Crippen LogP) is 7.38. The lowest BCUT2D eigenvalue weighted by atomic mass is 9.71. The molecule has 0 aromatic heterocycles. The summed E-state index contributed by atoms with van der Waals surface area (Å²) in [5.41, 5.74) is 4.31. The standard InChI is InChI=1S/C26H30N2O2/c1-18(2)21-9-8-10-22(17-21)27-28-24-12-7-6-11-23(24)20-13-15-26(16-14-20,19(3)4)25(29)30-5/h6-15,17-19H,16H2,1-5H3. The molecule has 0 aliphatic heterocycles. The summed E-state index contributed by atoms with van der Waals surface area (Å²) in [6.07, 6.45) is 6.70. The number of allylic oxidation sites excluding steroid dienone is 3. The van der Waals surface area contributed by atoms with Crippen LogP contribution in [0.3, 0.4) is 0 Å². The van der Waals surface area contributed by atoms with E-state index in [0.717, 1.165) is 22.5 Å². The van der Waals surface area contributed by atoms with Crippen LogP contribution in [0.5, 0.6) is 0 Å². The van der Waals surface area contributed by atoms with Crippen LogP contribution < -0.4 is 0 Å². The molecule has 4 nitrogen and oxygen atoms in total. The molecule has 1 unspecified atom stereocenters. The van der Waals surface area contributed by atoms with E-state index in [1.54, 1.807) is 0 Å². The van der Waals surface area contributed by atoms with Gasteiger partial charge < -0.3 is 4.74 Å². The Morgan fingerprint density at radius 3 is 2.43 bits per heavy atom. The Hall–Kier alpha value is -3.01. The first-order chi connectivity index (χ1) is 14.4. The fourth-order valence-corrected chi connectivity index (χ4v) is 3.72. The van der Waals surface area contributed by atoms with E-state index in [1.165, 1.54) is 12.7 Å². The zero-order valence-corrected chi connectivity index (χ0v) is 18.4. The lowest BCUT2D eigenvalue weighted by molar-refractivity contribution is -0.152. The third-order valence-electron chi connectivity index (χ3n) is 5.84. The first-order valence-corrected chi connectivity index (χ1v) is 10.5. The predicted molar refractivity (Wildman–Crippen MR) is 122 cm³/mol. The number of benzene rings is 2. The average molecular weight is 403 g/mol.